The Morgan fingerprint density at radius 3 is 2.88 bits per heavy atom. The molecule has 1 aromatic heterocycles. The Labute approximate surface area is 147 Å². The van der Waals surface area contributed by atoms with Crippen LogP contribution in [0.15, 0.2) is 30.6 Å². The lowest BCUT2D eigenvalue weighted by molar-refractivity contribution is -0.126. The number of likely N-dealkylation sites (tertiary alicyclic amines) is 1. The first-order chi connectivity index (χ1) is 12.1. The number of carbonyl (C=O) groups excluding carboxylic acids is 3. The van der Waals surface area contributed by atoms with Crippen molar-refractivity contribution in [2.75, 3.05) is 18.8 Å². The Kier molecular flexibility index (Phi) is 3.96. The molecule has 1 aromatic carbocycles. The molecule has 4 rings (SSSR count). The van der Waals surface area contributed by atoms with E-state index in [4.69, 9.17) is 0 Å². The molecule has 0 aliphatic carbocycles. The number of tetrazole rings is 1. The summed E-state index contributed by atoms with van der Waals surface area (Å²) in [6.07, 6.45) is 2.06. The summed E-state index contributed by atoms with van der Waals surface area (Å²) in [6.45, 7) is 0.881. The smallest absolute Gasteiger partial charge is 0.289 e. The van der Waals surface area contributed by atoms with E-state index in [1.54, 1.807) is 29.2 Å². The first kappa shape index (κ1) is 15.8. The van der Waals surface area contributed by atoms with Crippen LogP contribution in [0.2, 0.25) is 0 Å². The molecular formula is C15H14N6O3S. The molecule has 25 heavy (non-hydrogen) atoms. The summed E-state index contributed by atoms with van der Waals surface area (Å²) in [5.74, 6) is -0.115. The normalized spacial score (nSPS) is 20.6. The molecule has 1 atom stereocenters. The van der Waals surface area contributed by atoms with Crippen LogP contribution < -0.4 is 0 Å². The van der Waals surface area contributed by atoms with Gasteiger partial charge in [0.15, 0.2) is 0 Å². The van der Waals surface area contributed by atoms with E-state index in [0.29, 0.717) is 30.8 Å². The van der Waals surface area contributed by atoms with Gasteiger partial charge in [0, 0.05) is 18.7 Å². The molecule has 3 heterocycles. The lowest BCUT2D eigenvalue weighted by atomic mass is 10.2. The molecule has 2 saturated heterocycles. The number of benzene rings is 1. The molecule has 128 valence electrons. The van der Waals surface area contributed by atoms with Gasteiger partial charge in [0.2, 0.25) is 5.91 Å². The van der Waals surface area contributed by atoms with Crippen LogP contribution in [0.4, 0.5) is 4.79 Å². The summed E-state index contributed by atoms with van der Waals surface area (Å²) in [5.41, 5.74) is 1.20. The van der Waals surface area contributed by atoms with Crippen LogP contribution in [0, 0.1) is 0 Å². The van der Waals surface area contributed by atoms with E-state index in [1.807, 2.05) is 0 Å². The van der Waals surface area contributed by atoms with Crippen molar-refractivity contribution in [3.05, 3.63) is 36.2 Å². The van der Waals surface area contributed by atoms with Crippen molar-refractivity contribution in [3.63, 3.8) is 0 Å². The molecule has 0 spiro atoms. The van der Waals surface area contributed by atoms with E-state index >= 15 is 0 Å². The highest BCUT2D eigenvalue weighted by Gasteiger charge is 2.40. The van der Waals surface area contributed by atoms with Gasteiger partial charge >= 0.3 is 0 Å². The van der Waals surface area contributed by atoms with Crippen molar-refractivity contribution in [3.8, 4) is 5.69 Å². The maximum Gasteiger partial charge on any atom is 0.289 e. The number of amides is 3. The molecule has 1 unspecified atom stereocenters. The number of rotatable bonds is 3. The van der Waals surface area contributed by atoms with E-state index in [9.17, 15) is 14.4 Å². The zero-order chi connectivity index (χ0) is 17.4. The maximum atomic E-state index is 12.8. The number of imide groups is 1. The van der Waals surface area contributed by atoms with Gasteiger partial charge in [-0.2, -0.15) is 0 Å². The van der Waals surface area contributed by atoms with Gasteiger partial charge in [0.25, 0.3) is 11.1 Å². The minimum Gasteiger partial charge on any atom is -0.336 e. The number of hydrogen-bond donors (Lipinski definition) is 0. The summed E-state index contributed by atoms with van der Waals surface area (Å²) in [5, 5.41) is 10.8. The van der Waals surface area contributed by atoms with Gasteiger partial charge < -0.3 is 4.90 Å². The second-order valence-electron chi connectivity index (χ2n) is 5.82. The number of aromatic nitrogens is 4. The molecule has 3 amide bonds. The summed E-state index contributed by atoms with van der Waals surface area (Å²) < 4.78 is 1.47. The Balaban J connectivity index is 1.50. The van der Waals surface area contributed by atoms with Crippen molar-refractivity contribution in [2.45, 2.75) is 12.5 Å². The third kappa shape index (κ3) is 2.88. The highest BCUT2D eigenvalue weighted by molar-refractivity contribution is 8.14. The lowest BCUT2D eigenvalue weighted by Crippen LogP contribution is -2.41. The predicted octanol–water partition coefficient (Wildman–Crippen LogP) is 0.572. The molecule has 0 radical (unpaired) electrons. The second-order valence-corrected chi connectivity index (χ2v) is 6.74. The molecule has 0 N–H and O–H groups in total. The van der Waals surface area contributed by atoms with Gasteiger partial charge in [0.05, 0.1) is 17.5 Å². The minimum atomic E-state index is -0.235. The average molecular weight is 358 g/mol. The van der Waals surface area contributed by atoms with E-state index in [2.05, 4.69) is 15.5 Å². The van der Waals surface area contributed by atoms with Crippen LogP contribution in [0.3, 0.4) is 0 Å². The third-order valence-electron chi connectivity index (χ3n) is 4.31. The van der Waals surface area contributed by atoms with Gasteiger partial charge in [-0.3, -0.25) is 19.3 Å². The number of hydrogen-bond acceptors (Lipinski definition) is 7. The Morgan fingerprint density at radius 1 is 1.28 bits per heavy atom. The number of thioether (sulfide) groups is 1. The van der Waals surface area contributed by atoms with Crippen molar-refractivity contribution >= 4 is 28.8 Å². The van der Waals surface area contributed by atoms with Gasteiger partial charge in [-0.15, -0.1) is 5.10 Å². The molecule has 0 saturated carbocycles. The molecule has 10 heteroatoms. The summed E-state index contributed by atoms with van der Waals surface area (Å²) >= 11 is 1.02. The topological polar surface area (TPSA) is 101 Å². The minimum absolute atomic E-state index is 0.135. The van der Waals surface area contributed by atoms with Crippen molar-refractivity contribution in [2.24, 2.45) is 0 Å². The van der Waals surface area contributed by atoms with Gasteiger partial charge in [-0.25, -0.2) is 4.68 Å². The van der Waals surface area contributed by atoms with Crippen LogP contribution in [0.1, 0.15) is 16.8 Å². The average Bonchev–Trinajstić information content (AvgIpc) is 3.36. The molecule has 9 nitrogen and oxygen atoms in total. The fraction of sp³-hybridized carbons (Fsp3) is 0.333. The first-order valence-corrected chi connectivity index (χ1v) is 8.73. The van der Waals surface area contributed by atoms with Crippen molar-refractivity contribution in [1.29, 1.82) is 0 Å². The van der Waals surface area contributed by atoms with E-state index in [-0.39, 0.29) is 28.8 Å². The van der Waals surface area contributed by atoms with Gasteiger partial charge in [-0.1, -0.05) is 17.8 Å². The summed E-state index contributed by atoms with van der Waals surface area (Å²) in [4.78, 5) is 39.4. The monoisotopic (exact) mass is 358 g/mol. The lowest BCUT2D eigenvalue weighted by Gasteiger charge is -2.22. The summed E-state index contributed by atoms with van der Waals surface area (Å²) in [7, 11) is 0. The van der Waals surface area contributed by atoms with Crippen molar-refractivity contribution in [1.82, 2.24) is 30.0 Å². The summed E-state index contributed by atoms with van der Waals surface area (Å²) in [6, 6.07) is 6.78. The van der Waals surface area contributed by atoms with Gasteiger partial charge in [0.1, 0.15) is 6.33 Å². The Hall–Kier alpha value is -2.75. The zero-order valence-electron chi connectivity index (χ0n) is 13.1. The second kappa shape index (κ2) is 6.28. The number of nitrogens with zero attached hydrogens (tertiary/aromatic N) is 6. The molecule has 2 aliphatic heterocycles. The fourth-order valence-corrected chi connectivity index (χ4v) is 3.87. The van der Waals surface area contributed by atoms with Gasteiger partial charge in [-0.05, 0) is 35.0 Å². The van der Waals surface area contributed by atoms with E-state index < -0.39 is 0 Å². The van der Waals surface area contributed by atoms with Crippen LogP contribution in [0.25, 0.3) is 5.69 Å². The standard InChI is InChI=1S/C15H14N6O3S/c22-13-8-25-15(24)21(13)12-4-5-19(7-12)14(23)10-2-1-3-11(6-10)20-9-16-17-18-20/h1-3,6,9,12H,4-5,7-8H2. The van der Waals surface area contributed by atoms with E-state index in [1.165, 1.54) is 15.9 Å². The molecule has 2 aliphatic rings. The highest BCUT2D eigenvalue weighted by Crippen LogP contribution is 2.27. The molecule has 0 bridgehead atoms. The largest absolute Gasteiger partial charge is 0.336 e. The van der Waals surface area contributed by atoms with Crippen LogP contribution >= 0.6 is 11.8 Å². The number of carbonyl (C=O) groups is 3. The fourth-order valence-electron chi connectivity index (χ4n) is 3.10. The maximum absolute atomic E-state index is 12.8. The zero-order valence-corrected chi connectivity index (χ0v) is 13.9. The molecular weight excluding hydrogens is 344 g/mol. The SMILES string of the molecule is O=C(c1cccc(-n2cnnn2)c1)N1CCC(N2C(=O)CSC2=O)C1. The molecule has 2 aromatic rings. The Bertz CT molecular complexity index is 824. The predicted molar refractivity (Wildman–Crippen MR) is 88.2 cm³/mol. The quantitative estimate of drug-likeness (QED) is 0.790. The van der Waals surface area contributed by atoms with E-state index in [0.717, 1.165) is 11.8 Å². The Morgan fingerprint density at radius 2 is 2.16 bits per heavy atom. The van der Waals surface area contributed by atoms with Crippen LogP contribution in [-0.2, 0) is 4.79 Å². The molecule has 2 fully saturated rings. The van der Waals surface area contributed by atoms with Crippen LogP contribution in [-0.4, -0.2) is 71.9 Å². The highest BCUT2D eigenvalue weighted by atomic mass is 32.2. The van der Waals surface area contributed by atoms with Crippen LogP contribution in [0.5, 0.6) is 0 Å². The van der Waals surface area contributed by atoms with Crippen molar-refractivity contribution < 1.29 is 14.4 Å². The third-order valence-corrected chi connectivity index (χ3v) is 5.14. The first-order valence-electron chi connectivity index (χ1n) is 7.75.